The van der Waals surface area contributed by atoms with E-state index in [-0.39, 0.29) is 66.6 Å². The molecule has 0 aromatic heterocycles. The van der Waals surface area contributed by atoms with Crippen molar-refractivity contribution in [3.05, 3.63) is 0 Å². The van der Waals surface area contributed by atoms with E-state index in [1.54, 1.807) is 0 Å². The van der Waals surface area contributed by atoms with Crippen LogP contribution in [0.25, 0.3) is 0 Å². The van der Waals surface area contributed by atoms with Gasteiger partial charge in [-0.25, -0.2) is 0 Å². The predicted molar refractivity (Wildman–Crippen MR) is 97.2 cm³/mol. The van der Waals surface area contributed by atoms with Crippen molar-refractivity contribution >= 4 is 24.8 Å². The number of nitrogens with zero attached hydrogens (tertiary/aromatic N) is 2. The summed E-state index contributed by atoms with van der Waals surface area (Å²) >= 11 is -0.361. The minimum atomic E-state index is -0.361. The molecule has 0 spiro atoms. The number of rotatable bonds is 2. The van der Waals surface area contributed by atoms with E-state index in [2.05, 4.69) is 89.8 Å². The quantitative estimate of drug-likeness (QED) is 0.583. The van der Waals surface area contributed by atoms with Crippen LogP contribution in [0, 0.1) is 0 Å². The van der Waals surface area contributed by atoms with Crippen molar-refractivity contribution in [2.45, 2.75) is 105 Å². The zero-order valence-corrected chi connectivity index (χ0v) is 19.4. The van der Waals surface area contributed by atoms with Crippen molar-refractivity contribution in [2.75, 3.05) is 0 Å². The predicted octanol–water partition coefficient (Wildman–Crippen LogP) is 5.54. The maximum atomic E-state index is 2.72. The minimum absolute atomic E-state index is 0. The van der Waals surface area contributed by atoms with Gasteiger partial charge >= 0.3 is 132 Å². The molecule has 0 bridgehead atoms. The van der Waals surface area contributed by atoms with E-state index in [0.717, 1.165) is 0 Å². The number of halogens is 2. The molecule has 0 fully saturated rings. The average Bonchev–Trinajstić information content (AvgIpc) is 1.91. The third kappa shape index (κ3) is 9.18. The summed E-state index contributed by atoms with van der Waals surface area (Å²) in [4.78, 5) is 0. The van der Waals surface area contributed by atoms with Gasteiger partial charge in [-0.3, -0.25) is 0 Å². The summed E-state index contributed by atoms with van der Waals surface area (Å²) in [5, 5.41) is 0. The van der Waals surface area contributed by atoms with Gasteiger partial charge in [0, 0.05) is 0 Å². The average molecular weight is 377 g/mol. The summed E-state index contributed by atoms with van der Waals surface area (Å²) in [7, 11) is 0. The Morgan fingerprint density at radius 2 is 0.571 bits per heavy atom. The molecule has 21 heavy (non-hydrogen) atoms. The van der Waals surface area contributed by atoms with Gasteiger partial charge < -0.3 is 0 Å². The Hall–Kier alpha value is 1.21. The molecule has 5 heteroatoms. The van der Waals surface area contributed by atoms with Gasteiger partial charge in [-0.1, -0.05) is 0 Å². The molecule has 0 N–H and O–H groups in total. The maximum absolute atomic E-state index is 2.72. The van der Waals surface area contributed by atoms with Gasteiger partial charge in [-0.05, 0) is 0 Å². The van der Waals surface area contributed by atoms with Crippen LogP contribution in [0.2, 0.25) is 0 Å². The molecule has 0 saturated carbocycles. The van der Waals surface area contributed by atoms with Crippen LogP contribution in [-0.2, 0) is 19.7 Å². The van der Waals surface area contributed by atoms with E-state index in [9.17, 15) is 0 Å². The standard InChI is InChI=1S/2C8H18N.2ClH.Ti/c2*1-7(2,3)9-8(4,5)6;;;/h2*1-6H3;2*1H;/q2*-1;;;+2. The Morgan fingerprint density at radius 3 is 0.667 bits per heavy atom. The summed E-state index contributed by atoms with van der Waals surface area (Å²) in [5.41, 5.74) is 0.861. The van der Waals surface area contributed by atoms with Crippen LogP contribution in [0.4, 0.5) is 0 Å². The molecule has 0 aliphatic carbocycles. The largest absolute Gasteiger partial charge is 0.147 e. The first-order valence-electron chi connectivity index (χ1n) is 7.34. The molecule has 0 rings (SSSR count). The van der Waals surface area contributed by atoms with Gasteiger partial charge in [0.1, 0.15) is 0 Å². The Bertz CT molecular complexity index is 235. The Balaban J connectivity index is -0.00000162. The smallest absolute Gasteiger partial charge is 0.147 e. The molecule has 130 valence electrons. The van der Waals surface area contributed by atoms with Gasteiger partial charge in [-0.15, -0.1) is 24.8 Å². The van der Waals surface area contributed by atoms with Crippen molar-refractivity contribution in [2.24, 2.45) is 0 Å². The second-order valence-electron chi connectivity index (χ2n) is 9.45. The van der Waals surface area contributed by atoms with Gasteiger partial charge in [0.25, 0.3) is 0 Å². The van der Waals surface area contributed by atoms with Crippen LogP contribution < -0.4 is 0 Å². The van der Waals surface area contributed by atoms with Gasteiger partial charge in [0.05, 0.1) is 0 Å². The summed E-state index contributed by atoms with van der Waals surface area (Å²) in [6.45, 7) is 28.1. The van der Waals surface area contributed by atoms with Crippen molar-refractivity contribution in [3.8, 4) is 0 Å². The molecule has 0 amide bonds. The number of hydrogen-bond donors (Lipinski definition) is 0. The molecule has 0 atom stereocenters. The van der Waals surface area contributed by atoms with Crippen LogP contribution in [-0.4, -0.2) is 28.9 Å². The molecule has 2 nitrogen and oxygen atoms in total. The van der Waals surface area contributed by atoms with Crippen LogP contribution >= 0.6 is 24.8 Å². The summed E-state index contributed by atoms with van der Waals surface area (Å²) < 4.78 is 5.44. The van der Waals surface area contributed by atoms with Crippen LogP contribution in [0.3, 0.4) is 0 Å². The van der Waals surface area contributed by atoms with Gasteiger partial charge in [-0.2, -0.15) is 0 Å². The molecule has 0 aliphatic rings. The van der Waals surface area contributed by atoms with E-state index in [1.807, 2.05) is 0 Å². The zero-order chi connectivity index (χ0) is 15.9. The van der Waals surface area contributed by atoms with E-state index in [1.165, 1.54) is 0 Å². The SMILES string of the molecule is CC(C)(C)[N]([Ti][N](C(C)(C)C)C(C)(C)C)C(C)(C)C.Cl.Cl. The third-order valence-corrected chi connectivity index (χ3v) is 7.70. The molecule has 0 unspecified atom stereocenters. The monoisotopic (exact) mass is 376 g/mol. The molecule has 0 aromatic carbocycles. The second kappa shape index (κ2) is 8.35. The van der Waals surface area contributed by atoms with Crippen LogP contribution in [0.15, 0.2) is 0 Å². The summed E-state index contributed by atoms with van der Waals surface area (Å²) in [6, 6.07) is 0. The molecular weight excluding hydrogens is 339 g/mol. The van der Waals surface area contributed by atoms with Crippen LogP contribution in [0.5, 0.6) is 0 Å². The zero-order valence-electron chi connectivity index (χ0n) is 16.2. The fourth-order valence-corrected chi connectivity index (χ4v) is 4.90. The molecular formula is C16H38Cl2N2Ti. The fraction of sp³-hybridized carbons (Fsp3) is 1.00. The van der Waals surface area contributed by atoms with E-state index in [0.29, 0.717) is 0 Å². The van der Waals surface area contributed by atoms with E-state index in [4.69, 9.17) is 0 Å². The molecule has 0 aromatic rings. The van der Waals surface area contributed by atoms with E-state index < -0.39 is 0 Å². The molecule has 0 aliphatic heterocycles. The second-order valence-corrected chi connectivity index (χ2v) is 11.2. The normalized spacial score (nSPS) is 13.8. The minimum Gasteiger partial charge on any atom is -0.147 e. The summed E-state index contributed by atoms with van der Waals surface area (Å²) in [6.07, 6.45) is 0. The van der Waals surface area contributed by atoms with Crippen molar-refractivity contribution in [3.63, 3.8) is 0 Å². The Morgan fingerprint density at radius 1 is 0.429 bits per heavy atom. The number of hydrogen-bond acceptors (Lipinski definition) is 2. The molecule has 0 radical (unpaired) electrons. The topological polar surface area (TPSA) is 6.48 Å². The first-order valence-corrected chi connectivity index (χ1v) is 8.74. The molecule has 0 heterocycles. The van der Waals surface area contributed by atoms with Crippen LogP contribution in [0.1, 0.15) is 83.1 Å². The Labute approximate surface area is 156 Å². The third-order valence-electron chi connectivity index (χ3n) is 2.88. The van der Waals surface area contributed by atoms with Gasteiger partial charge in [0.2, 0.25) is 0 Å². The maximum Gasteiger partial charge on any atom is -0.147 e. The van der Waals surface area contributed by atoms with Crippen molar-refractivity contribution < 1.29 is 19.7 Å². The van der Waals surface area contributed by atoms with Gasteiger partial charge in [0.15, 0.2) is 0 Å². The van der Waals surface area contributed by atoms with Crippen molar-refractivity contribution in [1.82, 2.24) is 6.76 Å². The van der Waals surface area contributed by atoms with Crippen molar-refractivity contribution in [1.29, 1.82) is 0 Å². The van der Waals surface area contributed by atoms with E-state index >= 15 is 0 Å². The molecule has 0 saturated heterocycles. The Kier molecular flexibility index (Phi) is 10.8. The first-order chi connectivity index (χ1) is 7.97. The fourth-order valence-electron chi connectivity index (χ4n) is 2.71. The summed E-state index contributed by atoms with van der Waals surface area (Å²) in [5.74, 6) is 0. The first kappa shape index (κ1) is 27.1.